The molecule has 1 atom stereocenters. The van der Waals surface area contributed by atoms with E-state index < -0.39 is 23.8 Å². The number of aromatic amines is 1. The van der Waals surface area contributed by atoms with Gasteiger partial charge >= 0.3 is 5.97 Å². The standard InChI is InChI=1S/C15H13N3O4/c19-13-10-3-1-2-4-11(10)14(20)18(13)12(15(21)22)6-5-9-7-16-8-17-9/h1-4,7-8,12H,5-6H2,(H,16,17)(H,21,22). The number of hydrogen-bond donors (Lipinski definition) is 2. The molecule has 2 amide bonds. The Bertz CT molecular complexity index is 704. The van der Waals surface area contributed by atoms with Crippen LogP contribution >= 0.6 is 0 Å². The van der Waals surface area contributed by atoms with Crippen molar-refractivity contribution in [2.45, 2.75) is 18.9 Å². The van der Waals surface area contributed by atoms with E-state index in [9.17, 15) is 19.5 Å². The molecule has 0 aliphatic carbocycles. The van der Waals surface area contributed by atoms with Gasteiger partial charge in [-0.1, -0.05) is 12.1 Å². The number of aromatic nitrogens is 2. The van der Waals surface area contributed by atoms with Crippen molar-refractivity contribution in [3.8, 4) is 0 Å². The van der Waals surface area contributed by atoms with Crippen molar-refractivity contribution in [2.75, 3.05) is 0 Å². The van der Waals surface area contributed by atoms with Crippen molar-refractivity contribution in [1.29, 1.82) is 0 Å². The second-order valence-corrected chi connectivity index (χ2v) is 5.00. The predicted octanol–water partition coefficient (Wildman–Crippen LogP) is 1.09. The van der Waals surface area contributed by atoms with E-state index in [-0.39, 0.29) is 17.5 Å². The number of carboxylic acids is 1. The third-order valence-corrected chi connectivity index (χ3v) is 3.66. The largest absolute Gasteiger partial charge is 0.480 e. The van der Waals surface area contributed by atoms with Crippen molar-refractivity contribution in [2.24, 2.45) is 0 Å². The van der Waals surface area contributed by atoms with Crippen LogP contribution in [0.5, 0.6) is 0 Å². The molecule has 1 aliphatic heterocycles. The first-order valence-electron chi connectivity index (χ1n) is 6.76. The molecule has 22 heavy (non-hydrogen) atoms. The zero-order valence-electron chi connectivity index (χ0n) is 11.5. The first-order chi connectivity index (χ1) is 10.6. The van der Waals surface area contributed by atoms with Gasteiger partial charge in [0.2, 0.25) is 0 Å². The Morgan fingerprint density at radius 2 is 1.86 bits per heavy atom. The maximum absolute atomic E-state index is 12.3. The summed E-state index contributed by atoms with van der Waals surface area (Å²) in [5.74, 6) is -2.32. The number of amides is 2. The number of hydrogen-bond acceptors (Lipinski definition) is 4. The fourth-order valence-corrected chi connectivity index (χ4v) is 2.57. The molecule has 1 aromatic carbocycles. The lowest BCUT2D eigenvalue weighted by atomic mass is 10.1. The molecule has 1 unspecified atom stereocenters. The van der Waals surface area contributed by atoms with Crippen molar-refractivity contribution in [3.05, 3.63) is 53.6 Å². The summed E-state index contributed by atoms with van der Waals surface area (Å²) in [6, 6.07) is 5.16. The third-order valence-electron chi connectivity index (χ3n) is 3.66. The van der Waals surface area contributed by atoms with Crippen molar-refractivity contribution < 1.29 is 19.5 Å². The van der Waals surface area contributed by atoms with E-state index in [0.717, 1.165) is 10.6 Å². The molecule has 3 rings (SSSR count). The number of carbonyl (C=O) groups excluding carboxylic acids is 2. The summed E-state index contributed by atoms with van der Waals surface area (Å²) in [5, 5.41) is 9.40. The molecular formula is C15H13N3O4. The summed E-state index contributed by atoms with van der Waals surface area (Å²) in [5.41, 5.74) is 1.25. The van der Waals surface area contributed by atoms with Gasteiger partial charge in [-0.15, -0.1) is 0 Å². The molecule has 2 heterocycles. The molecule has 0 fully saturated rings. The summed E-state index contributed by atoms with van der Waals surface area (Å²) in [4.78, 5) is 43.7. The maximum atomic E-state index is 12.3. The van der Waals surface area contributed by atoms with Crippen LogP contribution in [0.2, 0.25) is 0 Å². The smallest absolute Gasteiger partial charge is 0.326 e. The van der Waals surface area contributed by atoms with Crippen LogP contribution in [0, 0.1) is 0 Å². The van der Waals surface area contributed by atoms with Gasteiger partial charge in [-0.2, -0.15) is 0 Å². The van der Waals surface area contributed by atoms with Crippen LogP contribution in [0.15, 0.2) is 36.8 Å². The molecule has 0 radical (unpaired) electrons. The zero-order valence-corrected chi connectivity index (χ0v) is 11.5. The molecular weight excluding hydrogens is 286 g/mol. The van der Waals surface area contributed by atoms with Gasteiger partial charge in [0, 0.05) is 11.9 Å². The monoisotopic (exact) mass is 299 g/mol. The SMILES string of the molecule is O=C(O)C(CCc1cnc[nH]1)N1C(=O)c2ccccc2C1=O. The minimum absolute atomic E-state index is 0.128. The van der Waals surface area contributed by atoms with Crippen LogP contribution in [0.1, 0.15) is 32.8 Å². The van der Waals surface area contributed by atoms with Gasteiger partial charge in [0.15, 0.2) is 0 Å². The Labute approximate surface area is 125 Å². The summed E-state index contributed by atoms with van der Waals surface area (Å²) in [7, 11) is 0. The minimum Gasteiger partial charge on any atom is -0.480 e. The average molecular weight is 299 g/mol. The topological polar surface area (TPSA) is 103 Å². The van der Waals surface area contributed by atoms with Crippen LogP contribution in [-0.2, 0) is 11.2 Å². The van der Waals surface area contributed by atoms with Crippen molar-refractivity contribution >= 4 is 17.8 Å². The Morgan fingerprint density at radius 3 is 2.36 bits per heavy atom. The van der Waals surface area contributed by atoms with E-state index in [1.807, 2.05) is 0 Å². The molecule has 0 saturated heterocycles. The number of carbonyl (C=O) groups is 3. The lowest BCUT2D eigenvalue weighted by Crippen LogP contribution is -2.45. The number of benzene rings is 1. The van der Waals surface area contributed by atoms with Crippen LogP contribution in [0.4, 0.5) is 0 Å². The molecule has 7 nitrogen and oxygen atoms in total. The van der Waals surface area contributed by atoms with Gasteiger partial charge in [0.05, 0.1) is 17.5 Å². The maximum Gasteiger partial charge on any atom is 0.326 e. The molecule has 0 spiro atoms. The Kier molecular flexibility index (Phi) is 3.46. The average Bonchev–Trinajstić information content (AvgIpc) is 3.10. The van der Waals surface area contributed by atoms with Crippen molar-refractivity contribution in [3.63, 3.8) is 0 Å². The predicted molar refractivity (Wildman–Crippen MR) is 75.3 cm³/mol. The highest BCUT2D eigenvalue weighted by atomic mass is 16.4. The molecule has 1 aromatic heterocycles. The summed E-state index contributed by atoms with van der Waals surface area (Å²) in [6.07, 6.45) is 3.59. The van der Waals surface area contributed by atoms with E-state index in [1.54, 1.807) is 18.3 Å². The van der Waals surface area contributed by atoms with E-state index in [0.29, 0.717) is 6.42 Å². The summed E-state index contributed by atoms with van der Waals surface area (Å²) >= 11 is 0. The summed E-state index contributed by atoms with van der Waals surface area (Å²) < 4.78 is 0. The van der Waals surface area contributed by atoms with Gasteiger partial charge < -0.3 is 10.1 Å². The van der Waals surface area contributed by atoms with Gasteiger partial charge in [-0.25, -0.2) is 9.78 Å². The van der Waals surface area contributed by atoms with E-state index in [1.165, 1.54) is 18.5 Å². The summed E-state index contributed by atoms with van der Waals surface area (Å²) in [6.45, 7) is 0. The fourth-order valence-electron chi connectivity index (χ4n) is 2.57. The second-order valence-electron chi connectivity index (χ2n) is 5.00. The number of imidazole rings is 1. The van der Waals surface area contributed by atoms with Crippen LogP contribution in [0.25, 0.3) is 0 Å². The lowest BCUT2D eigenvalue weighted by Gasteiger charge is -2.22. The Hall–Kier alpha value is -2.96. The fraction of sp³-hybridized carbons (Fsp3) is 0.200. The third kappa shape index (κ3) is 2.26. The number of nitrogens with zero attached hydrogens (tertiary/aromatic N) is 2. The van der Waals surface area contributed by atoms with Crippen LogP contribution < -0.4 is 0 Å². The molecule has 0 bridgehead atoms. The van der Waals surface area contributed by atoms with Gasteiger partial charge in [-0.05, 0) is 25.0 Å². The van der Waals surface area contributed by atoms with Crippen molar-refractivity contribution in [1.82, 2.24) is 14.9 Å². The number of H-pyrrole nitrogens is 1. The molecule has 2 aromatic rings. The van der Waals surface area contributed by atoms with E-state index >= 15 is 0 Å². The van der Waals surface area contributed by atoms with Gasteiger partial charge in [-0.3, -0.25) is 14.5 Å². The number of nitrogens with one attached hydrogen (secondary N) is 1. The first-order valence-corrected chi connectivity index (χ1v) is 6.76. The number of aryl methyl sites for hydroxylation is 1. The Morgan fingerprint density at radius 1 is 1.23 bits per heavy atom. The normalized spacial score (nSPS) is 15.0. The number of imide groups is 1. The highest BCUT2D eigenvalue weighted by Gasteiger charge is 2.42. The quantitative estimate of drug-likeness (QED) is 0.804. The van der Waals surface area contributed by atoms with E-state index in [2.05, 4.69) is 9.97 Å². The molecule has 1 aliphatic rings. The molecule has 112 valence electrons. The first kappa shape index (κ1) is 14.0. The van der Waals surface area contributed by atoms with Gasteiger partial charge in [0.25, 0.3) is 11.8 Å². The van der Waals surface area contributed by atoms with Crippen LogP contribution in [-0.4, -0.2) is 43.8 Å². The number of aliphatic carboxylic acids is 1. The van der Waals surface area contributed by atoms with Crippen LogP contribution in [0.3, 0.4) is 0 Å². The zero-order chi connectivity index (χ0) is 15.7. The molecule has 2 N–H and O–H groups in total. The molecule has 0 saturated carbocycles. The van der Waals surface area contributed by atoms with E-state index in [4.69, 9.17) is 0 Å². The number of carboxylic acid groups (broad SMARTS) is 1. The van der Waals surface area contributed by atoms with Gasteiger partial charge in [0.1, 0.15) is 6.04 Å². The molecule has 7 heteroatoms. The highest BCUT2D eigenvalue weighted by molar-refractivity contribution is 6.22. The minimum atomic E-state index is -1.20. The number of rotatable bonds is 5. The highest BCUT2D eigenvalue weighted by Crippen LogP contribution is 2.26. The second kappa shape index (κ2) is 5.44. The number of fused-ring (bicyclic) bond motifs is 1. The lowest BCUT2D eigenvalue weighted by molar-refractivity contribution is -0.141. The Balaban J connectivity index is 1.85.